The molecule has 2 nitrogen and oxygen atoms in total. The molecule has 1 aromatic rings. The SMILES string of the molecule is c1cc2c(cc1N1CCCC1)CC1(CCCCN1)CC2. The van der Waals surface area contributed by atoms with Gasteiger partial charge in [0.15, 0.2) is 0 Å². The van der Waals surface area contributed by atoms with Crippen LogP contribution in [0.1, 0.15) is 49.7 Å². The number of hydrogen-bond acceptors (Lipinski definition) is 2. The second-order valence-corrected chi connectivity index (χ2v) is 6.99. The Kier molecular flexibility index (Phi) is 3.22. The van der Waals surface area contributed by atoms with Gasteiger partial charge in [0.1, 0.15) is 0 Å². The molecule has 2 heteroatoms. The number of anilines is 1. The lowest BCUT2D eigenvalue weighted by Gasteiger charge is -2.42. The number of aryl methyl sites for hydroxylation is 1. The number of fused-ring (bicyclic) bond motifs is 1. The van der Waals surface area contributed by atoms with Crippen LogP contribution in [0.5, 0.6) is 0 Å². The topological polar surface area (TPSA) is 15.3 Å². The zero-order chi connectivity index (χ0) is 13.4. The van der Waals surface area contributed by atoms with Crippen molar-refractivity contribution in [2.24, 2.45) is 0 Å². The first-order valence-electron chi connectivity index (χ1n) is 8.47. The van der Waals surface area contributed by atoms with Crippen molar-refractivity contribution in [1.82, 2.24) is 5.32 Å². The van der Waals surface area contributed by atoms with Crippen LogP contribution < -0.4 is 10.2 Å². The van der Waals surface area contributed by atoms with Crippen LogP contribution in [0, 0.1) is 0 Å². The third-order valence-electron chi connectivity index (χ3n) is 5.64. The van der Waals surface area contributed by atoms with Gasteiger partial charge in [0.25, 0.3) is 0 Å². The van der Waals surface area contributed by atoms with Gasteiger partial charge in [-0.25, -0.2) is 0 Å². The van der Waals surface area contributed by atoms with E-state index < -0.39 is 0 Å². The van der Waals surface area contributed by atoms with Gasteiger partial charge < -0.3 is 10.2 Å². The first kappa shape index (κ1) is 12.7. The Bertz CT molecular complexity index is 482. The number of rotatable bonds is 1. The summed E-state index contributed by atoms with van der Waals surface area (Å²) in [7, 11) is 0. The summed E-state index contributed by atoms with van der Waals surface area (Å²) in [6.45, 7) is 3.73. The molecule has 1 aliphatic carbocycles. The van der Waals surface area contributed by atoms with Gasteiger partial charge in [0, 0.05) is 24.3 Å². The number of nitrogens with one attached hydrogen (secondary N) is 1. The van der Waals surface area contributed by atoms with Gasteiger partial charge in [-0.3, -0.25) is 0 Å². The molecule has 1 atom stereocenters. The predicted molar refractivity (Wildman–Crippen MR) is 84.5 cm³/mol. The van der Waals surface area contributed by atoms with E-state index in [1.807, 2.05) is 0 Å². The highest BCUT2D eigenvalue weighted by Crippen LogP contribution is 2.36. The van der Waals surface area contributed by atoms with E-state index in [0.29, 0.717) is 5.54 Å². The van der Waals surface area contributed by atoms with Crippen LogP contribution in [-0.2, 0) is 12.8 Å². The van der Waals surface area contributed by atoms with Crippen LogP contribution >= 0.6 is 0 Å². The van der Waals surface area contributed by atoms with E-state index in [9.17, 15) is 0 Å². The van der Waals surface area contributed by atoms with Crippen molar-refractivity contribution in [3.05, 3.63) is 29.3 Å². The van der Waals surface area contributed by atoms with Crippen LogP contribution in [0.4, 0.5) is 5.69 Å². The van der Waals surface area contributed by atoms with Crippen LogP contribution in [0.2, 0.25) is 0 Å². The zero-order valence-corrected chi connectivity index (χ0v) is 12.5. The molecule has 0 amide bonds. The molecule has 1 unspecified atom stereocenters. The molecule has 2 heterocycles. The third kappa shape index (κ3) is 2.24. The monoisotopic (exact) mass is 270 g/mol. The van der Waals surface area contributed by atoms with Crippen LogP contribution in [-0.4, -0.2) is 25.2 Å². The summed E-state index contributed by atoms with van der Waals surface area (Å²) in [6, 6.07) is 7.26. The molecule has 1 aromatic carbocycles. The molecule has 0 bridgehead atoms. The van der Waals surface area contributed by atoms with E-state index in [0.717, 1.165) is 0 Å². The van der Waals surface area contributed by atoms with Crippen molar-refractivity contribution < 1.29 is 0 Å². The average molecular weight is 270 g/mol. The van der Waals surface area contributed by atoms with E-state index in [1.165, 1.54) is 76.7 Å². The molecular formula is C18H26N2. The Morgan fingerprint density at radius 1 is 0.950 bits per heavy atom. The van der Waals surface area contributed by atoms with E-state index in [1.54, 1.807) is 11.1 Å². The number of hydrogen-bond donors (Lipinski definition) is 1. The smallest absolute Gasteiger partial charge is 0.0369 e. The fourth-order valence-corrected chi connectivity index (χ4v) is 4.41. The minimum absolute atomic E-state index is 0.425. The van der Waals surface area contributed by atoms with Crippen LogP contribution in [0.25, 0.3) is 0 Å². The quantitative estimate of drug-likeness (QED) is 0.842. The Morgan fingerprint density at radius 3 is 2.65 bits per heavy atom. The van der Waals surface area contributed by atoms with Crippen molar-refractivity contribution in [2.45, 2.75) is 56.9 Å². The molecule has 108 valence electrons. The normalized spacial score (nSPS) is 29.7. The Morgan fingerprint density at radius 2 is 1.85 bits per heavy atom. The number of nitrogens with zero attached hydrogens (tertiary/aromatic N) is 1. The Balaban J connectivity index is 1.60. The van der Waals surface area contributed by atoms with Gasteiger partial charge in [-0.1, -0.05) is 12.5 Å². The van der Waals surface area contributed by atoms with Gasteiger partial charge in [0.2, 0.25) is 0 Å². The van der Waals surface area contributed by atoms with E-state index >= 15 is 0 Å². The summed E-state index contributed by atoms with van der Waals surface area (Å²) in [6.07, 6.45) is 10.7. The first-order chi connectivity index (χ1) is 9.85. The summed E-state index contributed by atoms with van der Waals surface area (Å²) in [5.74, 6) is 0. The molecule has 1 spiro atoms. The molecule has 20 heavy (non-hydrogen) atoms. The van der Waals surface area contributed by atoms with Crippen LogP contribution in [0.3, 0.4) is 0 Å². The van der Waals surface area contributed by atoms with E-state index in [4.69, 9.17) is 0 Å². The van der Waals surface area contributed by atoms with Gasteiger partial charge in [-0.15, -0.1) is 0 Å². The lowest BCUT2D eigenvalue weighted by atomic mass is 9.73. The highest BCUT2D eigenvalue weighted by molar-refractivity contribution is 5.53. The molecule has 0 aromatic heterocycles. The minimum atomic E-state index is 0.425. The van der Waals surface area contributed by atoms with Crippen LogP contribution in [0.15, 0.2) is 18.2 Å². The van der Waals surface area contributed by atoms with Crippen molar-refractivity contribution in [3.63, 3.8) is 0 Å². The molecule has 2 aliphatic heterocycles. The number of piperidine rings is 1. The molecule has 2 fully saturated rings. The molecule has 2 saturated heterocycles. The molecule has 3 aliphatic rings. The summed E-state index contributed by atoms with van der Waals surface area (Å²) in [5.41, 5.74) is 5.12. The van der Waals surface area contributed by atoms with Crippen molar-refractivity contribution >= 4 is 5.69 Å². The van der Waals surface area contributed by atoms with Gasteiger partial charge in [-0.2, -0.15) is 0 Å². The largest absolute Gasteiger partial charge is 0.372 e. The first-order valence-corrected chi connectivity index (χ1v) is 8.47. The number of benzene rings is 1. The molecule has 0 saturated carbocycles. The minimum Gasteiger partial charge on any atom is -0.372 e. The fraction of sp³-hybridized carbons (Fsp3) is 0.667. The fourth-order valence-electron chi connectivity index (χ4n) is 4.41. The summed E-state index contributed by atoms with van der Waals surface area (Å²) >= 11 is 0. The Labute approximate surface area is 122 Å². The van der Waals surface area contributed by atoms with Gasteiger partial charge in [0.05, 0.1) is 0 Å². The van der Waals surface area contributed by atoms with Crippen molar-refractivity contribution in [1.29, 1.82) is 0 Å². The second-order valence-electron chi connectivity index (χ2n) is 6.99. The molecule has 1 N–H and O–H groups in total. The predicted octanol–water partition coefficient (Wildman–Crippen LogP) is 3.29. The summed E-state index contributed by atoms with van der Waals surface area (Å²) in [5, 5.41) is 3.85. The highest BCUT2D eigenvalue weighted by atomic mass is 15.1. The highest BCUT2D eigenvalue weighted by Gasteiger charge is 2.35. The Hall–Kier alpha value is -1.02. The lowest BCUT2D eigenvalue weighted by molar-refractivity contribution is 0.225. The van der Waals surface area contributed by atoms with Crippen molar-refractivity contribution in [2.75, 3.05) is 24.5 Å². The second kappa shape index (κ2) is 5.07. The van der Waals surface area contributed by atoms with E-state index in [2.05, 4.69) is 28.4 Å². The average Bonchev–Trinajstić information content (AvgIpc) is 3.01. The zero-order valence-electron chi connectivity index (χ0n) is 12.5. The molecule has 4 rings (SSSR count). The molecule has 0 radical (unpaired) electrons. The van der Waals surface area contributed by atoms with Gasteiger partial charge in [-0.05, 0) is 74.8 Å². The summed E-state index contributed by atoms with van der Waals surface area (Å²) < 4.78 is 0. The van der Waals surface area contributed by atoms with E-state index in [-0.39, 0.29) is 0 Å². The maximum Gasteiger partial charge on any atom is 0.0369 e. The maximum atomic E-state index is 3.85. The maximum absolute atomic E-state index is 3.85. The molecular weight excluding hydrogens is 244 g/mol. The third-order valence-corrected chi connectivity index (χ3v) is 5.64. The lowest BCUT2D eigenvalue weighted by Crippen LogP contribution is -2.52. The standard InChI is InChI=1S/C18H26N2/c1-2-10-19-18(8-1)9-7-15-5-6-17(13-16(15)14-18)20-11-3-4-12-20/h5-6,13,19H,1-4,7-12,14H2. The van der Waals surface area contributed by atoms with Crippen molar-refractivity contribution in [3.8, 4) is 0 Å². The van der Waals surface area contributed by atoms with Gasteiger partial charge >= 0.3 is 0 Å². The summed E-state index contributed by atoms with van der Waals surface area (Å²) in [4.78, 5) is 2.57.